The largest absolute Gasteiger partial charge is 0.348 e. The summed E-state index contributed by atoms with van der Waals surface area (Å²) in [4.78, 5) is 21.1. The lowest BCUT2D eigenvalue weighted by molar-refractivity contribution is -0.116. The molecule has 3 aromatic rings. The number of thiazole rings is 1. The topological polar surface area (TPSA) is 54.9 Å². The molecule has 2 heterocycles. The Kier molecular flexibility index (Phi) is 4.59. The van der Waals surface area contributed by atoms with Crippen LogP contribution in [-0.4, -0.2) is 15.9 Å². The van der Waals surface area contributed by atoms with Gasteiger partial charge in [0.2, 0.25) is 5.91 Å². The second-order valence-corrected chi connectivity index (χ2v) is 5.90. The summed E-state index contributed by atoms with van der Waals surface area (Å²) in [5, 5.41) is 3.70. The van der Waals surface area contributed by atoms with Crippen LogP contribution in [0.5, 0.6) is 0 Å². The Morgan fingerprint density at radius 1 is 1.13 bits per heavy atom. The van der Waals surface area contributed by atoms with Crippen LogP contribution in [0.1, 0.15) is 5.56 Å². The summed E-state index contributed by atoms with van der Waals surface area (Å²) in [6.07, 6.45) is 4.86. The molecule has 0 spiro atoms. The molecule has 0 saturated carbocycles. The lowest BCUT2D eigenvalue weighted by Crippen LogP contribution is -2.19. The number of hydrogen-bond donors (Lipinski definition) is 1. The third-order valence-corrected chi connectivity index (χ3v) is 4.32. The van der Waals surface area contributed by atoms with Crippen LogP contribution in [0.2, 0.25) is 0 Å². The molecule has 0 unspecified atom stereocenters. The molecule has 2 aromatic heterocycles. The molecule has 0 atom stereocenters. The van der Waals surface area contributed by atoms with Crippen LogP contribution in [-0.2, 0) is 11.3 Å². The van der Waals surface area contributed by atoms with Gasteiger partial charge in [0.25, 0.3) is 0 Å². The van der Waals surface area contributed by atoms with Crippen molar-refractivity contribution in [2.24, 2.45) is 0 Å². The Morgan fingerprint density at radius 3 is 2.65 bits per heavy atom. The Balaban J connectivity index is 1.74. The van der Waals surface area contributed by atoms with Crippen LogP contribution in [0, 0.1) is 0 Å². The van der Waals surface area contributed by atoms with Gasteiger partial charge in [-0.3, -0.25) is 9.78 Å². The van der Waals surface area contributed by atoms with Gasteiger partial charge in [-0.25, -0.2) is 4.98 Å². The summed E-state index contributed by atoms with van der Waals surface area (Å²) >= 11 is 1.61. The van der Waals surface area contributed by atoms with Crippen molar-refractivity contribution in [3.8, 4) is 21.1 Å². The zero-order valence-electron chi connectivity index (χ0n) is 12.4. The predicted octanol–water partition coefficient (Wildman–Crippen LogP) is 3.67. The maximum absolute atomic E-state index is 11.2. The first-order valence-corrected chi connectivity index (χ1v) is 7.95. The predicted molar refractivity (Wildman–Crippen MR) is 92.8 cm³/mol. The number of aromatic nitrogens is 2. The summed E-state index contributed by atoms with van der Waals surface area (Å²) in [7, 11) is 0. The molecule has 0 fully saturated rings. The fraction of sp³-hybridized carbons (Fsp3) is 0.0556. The molecule has 5 heteroatoms. The Labute approximate surface area is 138 Å². The molecule has 1 aromatic carbocycles. The van der Waals surface area contributed by atoms with E-state index in [1.807, 2.05) is 48.7 Å². The third-order valence-electron chi connectivity index (χ3n) is 3.26. The molecule has 0 aliphatic rings. The molecule has 114 valence electrons. The van der Waals surface area contributed by atoms with Gasteiger partial charge in [-0.1, -0.05) is 43.0 Å². The number of rotatable bonds is 5. The Hall–Kier alpha value is -2.79. The van der Waals surface area contributed by atoms with Crippen LogP contribution >= 0.6 is 11.3 Å². The number of benzene rings is 1. The average Bonchev–Trinajstić information content (AvgIpc) is 3.11. The van der Waals surface area contributed by atoms with Crippen molar-refractivity contribution in [2.45, 2.75) is 6.54 Å². The SMILES string of the molecule is C=CC(=O)NCc1ccc(-c2cnc(-c3ccccc3)s2)nc1. The van der Waals surface area contributed by atoms with E-state index < -0.39 is 0 Å². The normalized spacial score (nSPS) is 10.3. The van der Waals surface area contributed by atoms with Crippen LogP contribution in [0.25, 0.3) is 21.1 Å². The number of nitrogens with zero attached hydrogens (tertiary/aromatic N) is 2. The highest BCUT2D eigenvalue weighted by Gasteiger charge is 2.07. The number of nitrogens with one attached hydrogen (secondary N) is 1. The van der Waals surface area contributed by atoms with Gasteiger partial charge in [0.1, 0.15) is 5.01 Å². The summed E-state index contributed by atoms with van der Waals surface area (Å²) < 4.78 is 0. The minimum absolute atomic E-state index is 0.191. The summed E-state index contributed by atoms with van der Waals surface area (Å²) in [5.74, 6) is -0.191. The van der Waals surface area contributed by atoms with Gasteiger partial charge in [-0.05, 0) is 17.7 Å². The lowest BCUT2D eigenvalue weighted by Gasteiger charge is -2.03. The van der Waals surface area contributed by atoms with Crippen LogP contribution in [0.4, 0.5) is 0 Å². The first-order chi connectivity index (χ1) is 11.3. The van der Waals surface area contributed by atoms with E-state index in [0.717, 1.165) is 26.7 Å². The van der Waals surface area contributed by atoms with Crippen molar-refractivity contribution in [3.05, 3.63) is 73.1 Å². The van der Waals surface area contributed by atoms with Gasteiger partial charge >= 0.3 is 0 Å². The number of pyridine rings is 1. The molecule has 4 nitrogen and oxygen atoms in total. The smallest absolute Gasteiger partial charge is 0.243 e. The number of amides is 1. The lowest BCUT2D eigenvalue weighted by atomic mass is 10.2. The first-order valence-electron chi connectivity index (χ1n) is 7.13. The van der Waals surface area contributed by atoms with Gasteiger partial charge in [0, 0.05) is 24.5 Å². The second kappa shape index (κ2) is 6.98. The van der Waals surface area contributed by atoms with Gasteiger partial charge < -0.3 is 5.32 Å². The summed E-state index contributed by atoms with van der Waals surface area (Å²) in [5.41, 5.74) is 2.92. The molecule has 0 aliphatic heterocycles. The van der Waals surface area contributed by atoms with E-state index in [1.54, 1.807) is 17.5 Å². The zero-order valence-corrected chi connectivity index (χ0v) is 13.2. The maximum atomic E-state index is 11.2. The molecule has 3 rings (SSSR count). The third kappa shape index (κ3) is 3.70. The molecule has 0 bridgehead atoms. The average molecular weight is 321 g/mol. The minimum atomic E-state index is -0.191. The fourth-order valence-corrected chi connectivity index (χ4v) is 2.94. The van der Waals surface area contributed by atoms with E-state index in [-0.39, 0.29) is 5.91 Å². The van der Waals surface area contributed by atoms with Crippen molar-refractivity contribution < 1.29 is 4.79 Å². The van der Waals surface area contributed by atoms with Crippen LogP contribution < -0.4 is 5.32 Å². The van der Waals surface area contributed by atoms with Gasteiger partial charge in [-0.15, -0.1) is 11.3 Å². The quantitative estimate of drug-likeness (QED) is 0.729. The zero-order chi connectivity index (χ0) is 16.1. The molecule has 1 amide bonds. The number of carbonyl (C=O) groups is 1. The molecule has 0 radical (unpaired) electrons. The summed E-state index contributed by atoms with van der Waals surface area (Å²) in [6, 6.07) is 14.0. The second-order valence-electron chi connectivity index (χ2n) is 4.87. The van der Waals surface area contributed by atoms with Crippen LogP contribution in [0.15, 0.2) is 67.5 Å². The van der Waals surface area contributed by atoms with E-state index in [4.69, 9.17) is 0 Å². The monoisotopic (exact) mass is 321 g/mol. The first kappa shape index (κ1) is 15.1. The van der Waals surface area contributed by atoms with E-state index in [9.17, 15) is 4.79 Å². The van der Waals surface area contributed by atoms with E-state index in [0.29, 0.717) is 6.54 Å². The van der Waals surface area contributed by atoms with E-state index in [1.165, 1.54) is 6.08 Å². The fourth-order valence-electron chi connectivity index (χ4n) is 2.04. The van der Waals surface area contributed by atoms with Crippen molar-refractivity contribution in [1.82, 2.24) is 15.3 Å². The van der Waals surface area contributed by atoms with Gasteiger partial charge in [0.15, 0.2) is 0 Å². The highest BCUT2D eigenvalue weighted by molar-refractivity contribution is 7.18. The van der Waals surface area contributed by atoms with Gasteiger partial charge in [0.05, 0.1) is 10.6 Å². The molecular formula is C18H15N3OS. The minimum Gasteiger partial charge on any atom is -0.348 e. The Morgan fingerprint density at radius 2 is 1.96 bits per heavy atom. The van der Waals surface area contributed by atoms with E-state index >= 15 is 0 Å². The van der Waals surface area contributed by atoms with Crippen LogP contribution in [0.3, 0.4) is 0 Å². The van der Waals surface area contributed by atoms with Crippen molar-refractivity contribution in [3.63, 3.8) is 0 Å². The standard InChI is InChI=1S/C18H15N3OS/c1-2-17(22)20-11-13-8-9-15(19-10-13)16-12-21-18(23-16)14-6-4-3-5-7-14/h2-10,12H,1,11H2,(H,20,22). The molecule has 23 heavy (non-hydrogen) atoms. The highest BCUT2D eigenvalue weighted by atomic mass is 32.1. The molecular weight excluding hydrogens is 306 g/mol. The molecule has 0 aliphatic carbocycles. The number of hydrogen-bond acceptors (Lipinski definition) is 4. The Bertz CT molecular complexity index is 810. The molecule has 0 saturated heterocycles. The van der Waals surface area contributed by atoms with Gasteiger partial charge in [-0.2, -0.15) is 0 Å². The van der Waals surface area contributed by atoms with Crippen molar-refractivity contribution >= 4 is 17.2 Å². The molecule has 1 N–H and O–H groups in total. The maximum Gasteiger partial charge on any atom is 0.243 e. The number of carbonyl (C=O) groups excluding carboxylic acids is 1. The highest BCUT2D eigenvalue weighted by Crippen LogP contribution is 2.30. The van der Waals surface area contributed by atoms with Crippen molar-refractivity contribution in [1.29, 1.82) is 0 Å². The van der Waals surface area contributed by atoms with E-state index in [2.05, 4.69) is 21.9 Å². The van der Waals surface area contributed by atoms with Crippen molar-refractivity contribution in [2.75, 3.05) is 0 Å². The summed E-state index contributed by atoms with van der Waals surface area (Å²) in [6.45, 7) is 3.86.